The van der Waals surface area contributed by atoms with Crippen LogP contribution in [0.2, 0.25) is 0 Å². The van der Waals surface area contributed by atoms with E-state index < -0.39 is 18.2 Å². The lowest BCUT2D eigenvalue weighted by atomic mass is 9.76. The Morgan fingerprint density at radius 2 is 1.74 bits per heavy atom. The van der Waals surface area contributed by atoms with Crippen LogP contribution in [0.1, 0.15) is 121 Å². The number of nitrogens with zero attached hydrogens (tertiary/aromatic N) is 1. The van der Waals surface area contributed by atoms with Gasteiger partial charge in [0.25, 0.3) is 0 Å². The minimum Gasteiger partial charge on any atom is -0.875 e. The van der Waals surface area contributed by atoms with Gasteiger partial charge in [-0.05, 0) is 157 Å². The van der Waals surface area contributed by atoms with Gasteiger partial charge in [0.1, 0.15) is 5.75 Å². The summed E-state index contributed by atoms with van der Waals surface area (Å²) in [5.41, 5.74) is 20.8. The molecule has 0 unspecified atom stereocenters. The first-order chi connectivity index (χ1) is 33.5. The minimum absolute atomic E-state index is 0.00263. The van der Waals surface area contributed by atoms with Gasteiger partial charge in [-0.1, -0.05) is 94.1 Å². The maximum atomic E-state index is 14.2. The zero-order chi connectivity index (χ0) is 48.3. The lowest BCUT2D eigenvalue weighted by Crippen LogP contribution is -2.23. The molecule has 1 saturated carbocycles. The van der Waals surface area contributed by atoms with Crippen LogP contribution in [0.15, 0.2) is 120 Å². The SMILES string of the molecule is NC(N)c1cc2c3cc1CSSC[C@H]1CC[C@@](CC[C@H](CCc4ccccc4)C[C@H](O)CO)(/C=C/C(=O)CCc4ccc(O)c(c4)OCCc4ccc(O)c(c4)[C@@H]3CC([O-])=C3C=CN=C3CC#C2)C1. The highest BCUT2D eigenvalue weighted by Gasteiger charge is 2.38. The molecule has 69 heavy (non-hydrogen) atoms. The van der Waals surface area contributed by atoms with Crippen LogP contribution >= 0.6 is 21.6 Å². The number of carbonyl (C=O) groups is 1. The van der Waals surface area contributed by atoms with Crippen molar-refractivity contribution in [1.29, 1.82) is 0 Å². The molecule has 0 saturated heterocycles. The number of ketones is 1. The van der Waals surface area contributed by atoms with Crippen LogP contribution in [0.3, 0.4) is 0 Å². The smallest absolute Gasteiger partial charge is 0.161 e. The van der Waals surface area contributed by atoms with Gasteiger partial charge in [-0.15, -0.1) is 5.76 Å². The Bertz CT molecular complexity index is 2650. The second kappa shape index (κ2) is 23.6. The summed E-state index contributed by atoms with van der Waals surface area (Å²) in [6, 6.07) is 25.1. The molecule has 5 atom stereocenters. The molecule has 8 bridgehead atoms. The number of aliphatic hydroxyl groups excluding tert-OH is 2. The van der Waals surface area contributed by atoms with Gasteiger partial charge in [0.15, 0.2) is 17.3 Å². The Morgan fingerprint density at radius 3 is 2.55 bits per heavy atom. The topological polar surface area (TPSA) is 195 Å². The Hall–Kier alpha value is -5.26. The number of hydrogen-bond acceptors (Lipinski definition) is 12. The van der Waals surface area contributed by atoms with E-state index in [9.17, 15) is 30.3 Å². The van der Waals surface area contributed by atoms with E-state index in [0.29, 0.717) is 71.9 Å². The van der Waals surface area contributed by atoms with Crippen LogP contribution < -0.4 is 21.3 Å². The Labute approximate surface area is 414 Å². The molecule has 1 fully saturated rings. The van der Waals surface area contributed by atoms with Crippen LogP contribution in [0.4, 0.5) is 0 Å². The van der Waals surface area contributed by atoms with Crippen molar-refractivity contribution in [2.24, 2.45) is 33.7 Å². The molecule has 4 aromatic carbocycles. The van der Waals surface area contributed by atoms with Crippen molar-refractivity contribution in [3.05, 3.63) is 159 Å². The van der Waals surface area contributed by atoms with E-state index in [1.807, 2.05) is 53.3 Å². The number of fused-ring (bicyclic) bond motifs is 9. The summed E-state index contributed by atoms with van der Waals surface area (Å²) in [5, 5.41) is 57.0. The van der Waals surface area contributed by atoms with E-state index in [1.165, 1.54) is 5.56 Å². The van der Waals surface area contributed by atoms with Crippen LogP contribution in [-0.4, -0.2) is 57.0 Å². The largest absolute Gasteiger partial charge is 0.875 e. The molecule has 2 aliphatic heterocycles. The van der Waals surface area contributed by atoms with Gasteiger partial charge in [0.2, 0.25) is 0 Å². The maximum Gasteiger partial charge on any atom is 0.161 e. The molecule has 12 heteroatoms. The molecule has 8 rings (SSSR count). The summed E-state index contributed by atoms with van der Waals surface area (Å²) >= 11 is 0. The van der Waals surface area contributed by atoms with Gasteiger partial charge < -0.3 is 41.7 Å². The molecule has 2 heterocycles. The Morgan fingerprint density at radius 1 is 0.928 bits per heavy atom. The summed E-state index contributed by atoms with van der Waals surface area (Å²) in [6.45, 7) is -0.0419. The number of phenolic OH excluding ortho intramolecular Hbond substituents is 2. The van der Waals surface area contributed by atoms with Crippen LogP contribution in [-0.2, 0) is 29.8 Å². The standard InChI is InChI=1S/C57H65N3O7S2/c58-56(59)48-30-42-7-4-8-51-46(20-25-60-51)54(66)32-49-47(42)31-43(48)36-69-68-35-41-18-23-57(33-41,22-17-39(27-45(63)34-61)10-9-37-5-2-1-3-6-37)24-19-44(62)14-11-38-13-16-53(65)55(29-38)67-26-21-40-12-15-52(64)50(49)28-40/h1-3,5-6,12-13,15-16,19-20,24-25,28-31,39,41,45,49,56,61,63-66H,8-11,14,17-18,21-23,26-27,32-36,58-59H2/p-1/b24-19+,54-46?/t39-,41-,45-,49+,57-/m0/s1. The molecular formula is C57H64N3O7S2-. The first-order valence-corrected chi connectivity index (χ1v) is 26.8. The zero-order valence-corrected chi connectivity index (χ0v) is 40.8. The number of aliphatic hydroxyl groups is 2. The third-order valence-corrected chi connectivity index (χ3v) is 16.8. The predicted molar refractivity (Wildman–Crippen MR) is 276 cm³/mol. The fourth-order valence-electron chi connectivity index (χ4n) is 10.4. The van der Waals surface area contributed by atoms with E-state index in [4.69, 9.17) is 16.2 Å². The van der Waals surface area contributed by atoms with Gasteiger partial charge in [0, 0.05) is 47.6 Å². The molecule has 10 nitrogen and oxygen atoms in total. The van der Waals surface area contributed by atoms with Crippen LogP contribution in [0, 0.1) is 29.1 Å². The molecule has 0 aromatic heterocycles. The molecule has 0 spiro atoms. The predicted octanol–water partition coefficient (Wildman–Crippen LogP) is 9.01. The summed E-state index contributed by atoms with van der Waals surface area (Å²) in [4.78, 5) is 18.1. The van der Waals surface area contributed by atoms with E-state index in [1.54, 1.807) is 47.3 Å². The van der Waals surface area contributed by atoms with Gasteiger partial charge in [-0.25, -0.2) is 0 Å². The van der Waals surface area contributed by atoms with Crippen molar-refractivity contribution < 1.29 is 35.1 Å². The number of aryl methyl sites for hydroxylation is 2. The lowest BCUT2D eigenvalue weighted by molar-refractivity contribution is -0.307. The van der Waals surface area contributed by atoms with E-state index >= 15 is 0 Å². The number of nitrogens with two attached hydrogens (primary N) is 2. The van der Waals surface area contributed by atoms with Crippen molar-refractivity contribution in [3.8, 4) is 29.1 Å². The highest BCUT2D eigenvalue weighted by molar-refractivity contribution is 8.76. The fraction of sp³-hybridized carbons (Fsp3) is 0.404. The Kier molecular flexibility index (Phi) is 17.1. The zero-order valence-electron chi connectivity index (χ0n) is 39.2. The summed E-state index contributed by atoms with van der Waals surface area (Å²) in [6.07, 6.45) is 14.4. The third-order valence-electron chi connectivity index (χ3n) is 14.3. The molecule has 2 aliphatic carbocycles. The number of phenols is 2. The van der Waals surface area contributed by atoms with Crippen molar-refractivity contribution in [3.63, 3.8) is 0 Å². The summed E-state index contributed by atoms with van der Waals surface area (Å²) in [5.74, 6) is 8.54. The van der Waals surface area contributed by atoms with Crippen LogP contribution in [0.25, 0.3) is 0 Å². The average Bonchev–Trinajstić information content (AvgIpc) is 4.00. The molecule has 8 N–H and O–H groups in total. The van der Waals surface area contributed by atoms with Gasteiger partial charge in [-0.2, -0.15) is 0 Å². The minimum atomic E-state index is -0.778. The van der Waals surface area contributed by atoms with Gasteiger partial charge in [-0.3, -0.25) is 9.79 Å². The number of benzene rings is 4. The molecular weight excluding hydrogens is 903 g/mol. The highest BCUT2D eigenvalue weighted by atomic mass is 33.1. The fourth-order valence-corrected chi connectivity index (χ4v) is 12.9. The van der Waals surface area contributed by atoms with E-state index in [2.05, 4.69) is 41.1 Å². The summed E-state index contributed by atoms with van der Waals surface area (Å²) < 4.78 is 6.17. The molecule has 4 aromatic rings. The van der Waals surface area contributed by atoms with E-state index in [-0.39, 0.29) is 54.0 Å². The maximum absolute atomic E-state index is 14.2. The van der Waals surface area contributed by atoms with Crippen molar-refractivity contribution in [2.75, 3.05) is 19.0 Å². The summed E-state index contributed by atoms with van der Waals surface area (Å²) in [7, 11) is 3.56. The number of carbonyl (C=O) groups excluding carboxylic acids is 1. The second-order valence-electron chi connectivity index (χ2n) is 19.2. The molecule has 0 radical (unpaired) electrons. The number of aromatic hydroxyl groups is 2. The van der Waals surface area contributed by atoms with Crippen molar-refractivity contribution >= 4 is 33.1 Å². The van der Waals surface area contributed by atoms with E-state index in [0.717, 1.165) is 78.5 Å². The normalized spacial score (nSPS) is 22.3. The number of aliphatic imine (C=N–C) groups is 1. The van der Waals surface area contributed by atoms with Gasteiger partial charge >= 0.3 is 0 Å². The Balaban J connectivity index is 1.11. The highest BCUT2D eigenvalue weighted by Crippen LogP contribution is 2.50. The quantitative estimate of drug-likeness (QED) is 0.0505. The first-order valence-electron chi connectivity index (χ1n) is 24.3. The average molecular weight is 967 g/mol. The molecule has 0 amide bonds. The molecule has 362 valence electrons. The number of ether oxygens (including phenoxy) is 1. The van der Waals surface area contributed by atoms with Crippen molar-refractivity contribution in [2.45, 2.75) is 107 Å². The first kappa shape index (κ1) is 50.1. The van der Waals surface area contributed by atoms with Crippen LogP contribution in [0.5, 0.6) is 17.2 Å². The second-order valence-corrected chi connectivity index (χ2v) is 21.7. The number of allylic oxidation sites excluding steroid dienone is 5. The number of rotatable bonds is 10. The lowest BCUT2D eigenvalue weighted by Gasteiger charge is -2.29. The number of hydrogen-bond donors (Lipinski definition) is 6. The monoisotopic (exact) mass is 966 g/mol. The van der Waals surface area contributed by atoms with Gasteiger partial charge in [0.05, 0.1) is 37.6 Å². The molecule has 4 aliphatic rings. The third kappa shape index (κ3) is 13.1. The van der Waals surface area contributed by atoms with Crippen molar-refractivity contribution in [1.82, 2.24) is 0 Å².